The number of Topliss-reactive ketones (excluding diaryl/α,β-unsaturated/α-hetero) is 1. The van der Waals surface area contributed by atoms with Crippen LogP contribution in [-0.4, -0.2) is 74.5 Å². The molecule has 1 saturated heterocycles. The average molecular weight is 250 g/mol. The van der Waals surface area contributed by atoms with Crippen LogP contribution in [0.1, 0.15) is 13.3 Å². The van der Waals surface area contributed by atoms with Crippen molar-refractivity contribution < 1.29 is 35.1 Å². The van der Waals surface area contributed by atoms with Gasteiger partial charge in [0.1, 0.15) is 36.3 Å². The summed E-state index contributed by atoms with van der Waals surface area (Å²) in [5, 5.41) is 46.9. The summed E-state index contributed by atoms with van der Waals surface area (Å²) in [6.45, 7) is 0.641. The summed E-state index contributed by atoms with van der Waals surface area (Å²) in [6.07, 6.45) is -8.22. The highest BCUT2D eigenvalue weighted by atomic mass is 16.5. The Bertz CT molecular complexity index is 269. The zero-order chi connectivity index (χ0) is 13.2. The molecule has 5 N–H and O–H groups in total. The summed E-state index contributed by atoms with van der Waals surface area (Å²) >= 11 is 0. The van der Waals surface area contributed by atoms with E-state index in [1.54, 1.807) is 0 Å². The Morgan fingerprint density at radius 3 is 2.29 bits per heavy atom. The average Bonchev–Trinajstić information content (AvgIpc) is 2.28. The summed E-state index contributed by atoms with van der Waals surface area (Å²) in [6, 6.07) is 0. The number of carbonyl (C=O) groups excluding carboxylic acids is 1. The topological polar surface area (TPSA) is 127 Å². The Kier molecular flexibility index (Phi) is 4.99. The number of aliphatic hydroxyl groups excluding tert-OH is 5. The van der Waals surface area contributed by atoms with Gasteiger partial charge in [-0.1, -0.05) is 0 Å². The normalized spacial score (nSPS) is 40.0. The van der Waals surface area contributed by atoms with E-state index in [0.29, 0.717) is 0 Å². The smallest absolute Gasteiger partial charge is 0.132 e. The highest BCUT2D eigenvalue weighted by Crippen LogP contribution is 2.25. The molecule has 0 amide bonds. The van der Waals surface area contributed by atoms with Crippen LogP contribution in [0.5, 0.6) is 0 Å². The third-order valence-corrected chi connectivity index (χ3v) is 2.80. The van der Waals surface area contributed by atoms with E-state index >= 15 is 0 Å². The minimum atomic E-state index is -1.53. The summed E-state index contributed by atoms with van der Waals surface area (Å²) < 4.78 is 5.15. The second-order valence-electron chi connectivity index (χ2n) is 4.27. The van der Waals surface area contributed by atoms with Gasteiger partial charge < -0.3 is 30.3 Å². The second kappa shape index (κ2) is 5.85. The lowest BCUT2D eigenvalue weighted by atomic mass is 9.90. The highest BCUT2D eigenvalue weighted by molar-refractivity contribution is 5.76. The largest absolute Gasteiger partial charge is 0.394 e. The van der Waals surface area contributed by atoms with Gasteiger partial charge in [0.2, 0.25) is 0 Å². The molecule has 0 unspecified atom stereocenters. The summed E-state index contributed by atoms with van der Waals surface area (Å²) in [7, 11) is 0. The molecule has 0 spiro atoms. The molecule has 0 aromatic heterocycles. The molecule has 1 aliphatic rings. The van der Waals surface area contributed by atoms with Crippen molar-refractivity contribution in [2.75, 3.05) is 6.61 Å². The fourth-order valence-corrected chi connectivity index (χ4v) is 1.85. The van der Waals surface area contributed by atoms with Crippen LogP contribution >= 0.6 is 0 Å². The first-order valence-corrected chi connectivity index (χ1v) is 5.36. The molecule has 0 saturated carbocycles. The van der Waals surface area contributed by atoms with Gasteiger partial charge in [-0.05, 0) is 6.92 Å². The van der Waals surface area contributed by atoms with Gasteiger partial charge in [0.05, 0.1) is 12.7 Å². The molecule has 0 aromatic carbocycles. The molecule has 0 aliphatic carbocycles. The lowest BCUT2D eigenvalue weighted by Gasteiger charge is -2.41. The van der Waals surface area contributed by atoms with E-state index in [2.05, 4.69) is 0 Å². The SMILES string of the molecule is CC(=O)C[C@@H]1O[C@H]([C@H](O)CO)[C@@H](O)[C@H](O)[C@@H]1O. The van der Waals surface area contributed by atoms with Crippen molar-refractivity contribution in [3.8, 4) is 0 Å². The summed E-state index contributed by atoms with van der Waals surface area (Å²) in [5.41, 5.74) is 0. The van der Waals surface area contributed by atoms with E-state index in [-0.39, 0.29) is 12.2 Å². The molecule has 7 heteroatoms. The van der Waals surface area contributed by atoms with Gasteiger partial charge in [-0.3, -0.25) is 4.79 Å². The van der Waals surface area contributed by atoms with Crippen LogP contribution in [0.25, 0.3) is 0 Å². The van der Waals surface area contributed by atoms with Gasteiger partial charge in [-0.25, -0.2) is 0 Å². The predicted molar refractivity (Wildman–Crippen MR) is 55.1 cm³/mol. The second-order valence-corrected chi connectivity index (χ2v) is 4.27. The lowest BCUT2D eigenvalue weighted by molar-refractivity contribution is -0.245. The molecule has 6 atom stereocenters. The molecule has 17 heavy (non-hydrogen) atoms. The van der Waals surface area contributed by atoms with Crippen LogP contribution in [-0.2, 0) is 9.53 Å². The first kappa shape index (κ1) is 14.5. The first-order valence-electron chi connectivity index (χ1n) is 5.36. The number of ketones is 1. The molecule has 1 aliphatic heterocycles. The molecule has 0 bridgehead atoms. The van der Waals surface area contributed by atoms with Gasteiger partial charge in [0, 0.05) is 6.42 Å². The van der Waals surface area contributed by atoms with Crippen molar-refractivity contribution >= 4 is 5.78 Å². The Hall–Kier alpha value is -0.570. The van der Waals surface area contributed by atoms with Gasteiger partial charge in [-0.15, -0.1) is 0 Å². The number of rotatable bonds is 4. The molecule has 1 fully saturated rings. The lowest BCUT2D eigenvalue weighted by Crippen LogP contribution is -2.61. The third kappa shape index (κ3) is 3.21. The quantitative estimate of drug-likeness (QED) is 0.364. The molecule has 7 nitrogen and oxygen atoms in total. The standard InChI is InChI=1S/C10H18O7/c1-4(12)2-6-7(14)8(15)9(16)10(17-6)5(13)3-11/h5-11,13-16H,2-3H2,1H3/t5-,6+,7-,8-,9+,10-/m1/s1. The van der Waals surface area contributed by atoms with Crippen LogP contribution in [0.3, 0.4) is 0 Å². The monoisotopic (exact) mass is 250 g/mol. The van der Waals surface area contributed by atoms with Gasteiger partial charge in [0.15, 0.2) is 0 Å². The Morgan fingerprint density at radius 2 is 1.82 bits per heavy atom. The Balaban J connectivity index is 2.78. The van der Waals surface area contributed by atoms with E-state index in [0.717, 1.165) is 0 Å². The highest BCUT2D eigenvalue weighted by Gasteiger charge is 2.46. The van der Waals surface area contributed by atoms with Crippen molar-refractivity contribution in [3.05, 3.63) is 0 Å². The maximum atomic E-state index is 10.9. The van der Waals surface area contributed by atoms with Crippen LogP contribution in [0, 0.1) is 0 Å². The zero-order valence-electron chi connectivity index (χ0n) is 9.43. The number of hydrogen-bond acceptors (Lipinski definition) is 7. The van der Waals surface area contributed by atoms with Crippen molar-refractivity contribution in [2.24, 2.45) is 0 Å². The zero-order valence-corrected chi connectivity index (χ0v) is 9.43. The van der Waals surface area contributed by atoms with Gasteiger partial charge in [0.25, 0.3) is 0 Å². The maximum Gasteiger partial charge on any atom is 0.132 e. The minimum absolute atomic E-state index is 0.139. The molecule has 1 heterocycles. The molecule has 100 valence electrons. The van der Waals surface area contributed by atoms with Gasteiger partial charge in [-0.2, -0.15) is 0 Å². The number of hydrogen-bond donors (Lipinski definition) is 5. The van der Waals surface area contributed by atoms with Crippen molar-refractivity contribution in [1.82, 2.24) is 0 Å². The fraction of sp³-hybridized carbons (Fsp3) is 0.900. The molecular formula is C10H18O7. The first-order chi connectivity index (χ1) is 7.88. The predicted octanol–water partition coefficient (Wildman–Crippen LogP) is -2.83. The van der Waals surface area contributed by atoms with E-state index in [1.807, 2.05) is 0 Å². The van der Waals surface area contributed by atoms with E-state index in [1.165, 1.54) is 6.92 Å². The number of carbonyl (C=O) groups is 1. The number of aliphatic hydroxyl groups is 5. The third-order valence-electron chi connectivity index (χ3n) is 2.80. The number of ether oxygens (including phenoxy) is 1. The molecule has 1 rings (SSSR count). The van der Waals surface area contributed by atoms with Crippen LogP contribution in [0.4, 0.5) is 0 Å². The van der Waals surface area contributed by atoms with Crippen molar-refractivity contribution in [2.45, 2.75) is 50.0 Å². The summed E-state index contributed by atoms with van der Waals surface area (Å²) in [4.78, 5) is 10.9. The fourth-order valence-electron chi connectivity index (χ4n) is 1.85. The van der Waals surface area contributed by atoms with E-state index in [4.69, 9.17) is 9.84 Å². The van der Waals surface area contributed by atoms with Crippen molar-refractivity contribution in [3.63, 3.8) is 0 Å². The summed E-state index contributed by atoms with van der Waals surface area (Å²) in [5.74, 6) is -0.255. The molecule has 0 radical (unpaired) electrons. The van der Waals surface area contributed by atoms with Crippen LogP contribution < -0.4 is 0 Å². The Labute approximate surface area is 98.3 Å². The van der Waals surface area contributed by atoms with Crippen LogP contribution in [0.2, 0.25) is 0 Å². The minimum Gasteiger partial charge on any atom is -0.394 e. The van der Waals surface area contributed by atoms with Gasteiger partial charge >= 0.3 is 0 Å². The maximum absolute atomic E-state index is 10.9. The van der Waals surface area contributed by atoms with Crippen molar-refractivity contribution in [1.29, 1.82) is 0 Å². The van der Waals surface area contributed by atoms with E-state index in [9.17, 15) is 25.2 Å². The van der Waals surface area contributed by atoms with Crippen LogP contribution in [0.15, 0.2) is 0 Å². The van der Waals surface area contributed by atoms with E-state index < -0.39 is 43.2 Å². The Morgan fingerprint density at radius 1 is 1.24 bits per heavy atom. The molecule has 0 aromatic rings. The molecular weight excluding hydrogens is 232 g/mol.